The zero-order valence-electron chi connectivity index (χ0n) is 13.2. The third kappa shape index (κ3) is 3.87. The molecule has 1 amide bonds. The predicted molar refractivity (Wildman–Crippen MR) is 82.0 cm³/mol. The van der Waals surface area contributed by atoms with E-state index in [-0.39, 0.29) is 18.6 Å². The van der Waals surface area contributed by atoms with Crippen molar-refractivity contribution in [1.29, 1.82) is 0 Å². The Balaban J connectivity index is 1.55. The first-order valence-electron chi connectivity index (χ1n) is 7.55. The number of carbonyl (C=O) groups excluding carboxylic acids is 1. The van der Waals surface area contributed by atoms with Crippen LogP contribution in [0.2, 0.25) is 0 Å². The van der Waals surface area contributed by atoms with E-state index in [1.165, 1.54) is 0 Å². The fraction of sp³-hybridized carbons (Fsp3) is 0.438. The van der Waals surface area contributed by atoms with E-state index in [0.29, 0.717) is 37.2 Å². The van der Waals surface area contributed by atoms with Crippen LogP contribution in [0, 0.1) is 6.92 Å². The molecule has 0 unspecified atom stereocenters. The highest BCUT2D eigenvalue weighted by molar-refractivity contribution is 5.78. The molecule has 1 aromatic heterocycles. The van der Waals surface area contributed by atoms with Gasteiger partial charge in [-0.25, -0.2) is 0 Å². The van der Waals surface area contributed by atoms with Gasteiger partial charge in [0.2, 0.25) is 11.7 Å². The van der Waals surface area contributed by atoms with Crippen LogP contribution in [-0.2, 0) is 9.53 Å². The molecule has 122 valence electrons. The lowest BCUT2D eigenvalue weighted by molar-refractivity contribution is -0.140. The Morgan fingerprint density at radius 3 is 2.83 bits per heavy atom. The Kier molecular flexibility index (Phi) is 4.57. The maximum absolute atomic E-state index is 12.1. The van der Waals surface area contributed by atoms with Gasteiger partial charge >= 0.3 is 0 Å². The van der Waals surface area contributed by atoms with Crippen molar-refractivity contribution in [2.24, 2.45) is 0 Å². The van der Waals surface area contributed by atoms with Crippen molar-refractivity contribution >= 4 is 5.91 Å². The number of hydrogen-bond donors (Lipinski definition) is 0. The fourth-order valence-corrected chi connectivity index (χ4v) is 2.40. The Morgan fingerprint density at radius 2 is 2.17 bits per heavy atom. The number of aromatic nitrogens is 2. The zero-order chi connectivity index (χ0) is 16.2. The second-order valence-corrected chi connectivity index (χ2v) is 5.47. The molecule has 23 heavy (non-hydrogen) atoms. The van der Waals surface area contributed by atoms with Gasteiger partial charge < -0.3 is 18.9 Å². The molecule has 1 fully saturated rings. The van der Waals surface area contributed by atoms with Crippen molar-refractivity contribution in [3.8, 4) is 17.1 Å². The van der Waals surface area contributed by atoms with Gasteiger partial charge in [-0.05, 0) is 31.2 Å². The predicted octanol–water partition coefficient (Wildman–Crippen LogP) is 1.67. The normalized spacial score (nSPS) is 18.0. The molecule has 1 saturated heterocycles. The molecular weight excluding hydrogens is 298 g/mol. The molecule has 0 aliphatic carbocycles. The molecule has 1 aliphatic rings. The van der Waals surface area contributed by atoms with E-state index < -0.39 is 0 Å². The molecule has 0 spiro atoms. The Hall–Kier alpha value is -2.41. The van der Waals surface area contributed by atoms with Crippen molar-refractivity contribution < 1.29 is 18.8 Å². The van der Waals surface area contributed by atoms with Crippen LogP contribution in [0.15, 0.2) is 28.8 Å². The summed E-state index contributed by atoms with van der Waals surface area (Å²) in [7, 11) is 0. The van der Waals surface area contributed by atoms with Crippen LogP contribution in [0.3, 0.4) is 0 Å². The van der Waals surface area contributed by atoms with Crippen molar-refractivity contribution in [2.45, 2.75) is 20.0 Å². The summed E-state index contributed by atoms with van der Waals surface area (Å²) in [6, 6.07) is 7.24. The molecule has 2 aromatic rings. The molecule has 7 heteroatoms. The smallest absolute Gasteiger partial charge is 0.260 e. The monoisotopic (exact) mass is 317 g/mol. The van der Waals surface area contributed by atoms with Gasteiger partial charge in [0.1, 0.15) is 5.75 Å². The molecular formula is C16H19N3O4. The lowest BCUT2D eigenvalue weighted by atomic mass is 10.2. The van der Waals surface area contributed by atoms with E-state index in [2.05, 4.69) is 10.1 Å². The largest absolute Gasteiger partial charge is 0.484 e. The molecule has 1 aromatic carbocycles. The molecule has 0 N–H and O–H groups in total. The summed E-state index contributed by atoms with van der Waals surface area (Å²) in [6.07, 6.45) is 0.0744. The fourth-order valence-electron chi connectivity index (χ4n) is 2.40. The van der Waals surface area contributed by atoms with Crippen molar-refractivity contribution in [3.05, 3.63) is 30.2 Å². The van der Waals surface area contributed by atoms with Crippen LogP contribution < -0.4 is 4.74 Å². The number of hydrogen-bond acceptors (Lipinski definition) is 6. The number of carbonyl (C=O) groups is 1. The van der Waals surface area contributed by atoms with Crippen molar-refractivity contribution in [1.82, 2.24) is 15.0 Å². The summed E-state index contributed by atoms with van der Waals surface area (Å²) in [5, 5.41) is 3.86. The van der Waals surface area contributed by atoms with Crippen LogP contribution in [0.25, 0.3) is 11.4 Å². The third-order valence-corrected chi connectivity index (χ3v) is 3.60. The first-order chi connectivity index (χ1) is 11.1. The van der Waals surface area contributed by atoms with Gasteiger partial charge in [-0.2, -0.15) is 4.98 Å². The minimum atomic E-state index is -0.0296. The number of aryl methyl sites for hydroxylation is 1. The molecule has 7 nitrogen and oxygen atoms in total. The highest BCUT2D eigenvalue weighted by Gasteiger charge is 2.21. The van der Waals surface area contributed by atoms with Crippen LogP contribution in [0.1, 0.15) is 12.8 Å². The topological polar surface area (TPSA) is 77.7 Å². The van der Waals surface area contributed by atoms with E-state index in [9.17, 15) is 4.79 Å². The molecule has 1 aliphatic heterocycles. The Labute approximate surface area is 134 Å². The van der Waals surface area contributed by atoms with E-state index in [4.69, 9.17) is 14.0 Å². The van der Waals surface area contributed by atoms with Crippen molar-refractivity contribution in [3.63, 3.8) is 0 Å². The van der Waals surface area contributed by atoms with E-state index in [1.807, 2.05) is 19.1 Å². The second-order valence-electron chi connectivity index (χ2n) is 5.47. The first kappa shape index (κ1) is 15.5. The Bertz CT molecular complexity index is 668. The van der Waals surface area contributed by atoms with Gasteiger partial charge in [-0.1, -0.05) is 5.16 Å². The van der Waals surface area contributed by atoms with Gasteiger partial charge in [0.25, 0.3) is 5.91 Å². The van der Waals surface area contributed by atoms with Crippen LogP contribution >= 0.6 is 0 Å². The standard InChI is InChI=1S/C16H19N3O4/c1-11-9-19(7-8-21-11)15(20)10-22-14-5-3-13(4-6-14)16-17-12(2)23-18-16/h3-6,11H,7-10H2,1-2H3/t11-/m0/s1. The third-order valence-electron chi connectivity index (χ3n) is 3.60. The number of rotatable bonds is 4. The zero-order valence-corrected chi connectivity index (χ0v) is 13.2. The van der Waals surface area contributed by atoms with Gasteiger partial charge in [-0.3, -0.25) is 4.79 Å². The maximum atomic E-state index is 12.1. The number of benzene rings is 1. The molecule has 0 bridgehead atoms. The first-order valence-corrected chi connectivity index (χ1v) is 7.55. The lowest BCUT2D eigenvalue weighted by Gasteiger charge is -2.31. The molecule has 0 radical (unpaired) electrons. The average Bonchev–Trinajstić information content (AvgIpc) is 2.99. The van der Waals surface area contributed by atoms with Crippen LogP contribution in [-0.4, -0.2) is 53.4 Å². The summed E-state index contributed by atoms with van der Waals surface area (Å²) in [6.45, 7) is 5.52. The number of nitrogens with zero attached hydrogens (tertiary/aromatic N) is 3. The Morgan fingerprint density at radius 1 is 1.39 bits per heavy atom. The molecule has 1 atom stereocenters. The SMILES string of the molecule is Cc1nc(-c2ccc(OCC(=O)N3CCO[C@@H](C)C3)cc2)no1. The number of morpholine rings is 1. The average molecular weight is 317 g/mol. The van der Waals surface area contributed by atoms with E-state index in [1.54, 1.807) is 24.0 Å². The van der Waals surface area contributed by atoms with Crippen LogP contribution in [0.4, 0.5) is 0 Å². The lowest BCUT2D eigenvalue weighted by Crippen LogP contribution is -2.46. The summed E-state index contributed by atoms with van der Waals surface area (Å²) in [5.41, 5.74) is 0.836. The van der Waals surface area contributed by atoms with Gasteiger partial charge in [-0.15, -0.1) is 0 Å². The van der Waals surface area contributed by atoms with Gasteiger partial charge in [0.05, 0.1) is 12.7 Å². The highest BCUT2D eigenvalue weighted by atomic mass is 16.5. The molecule has 2 heterocycles. The minimum Gasteiger partial charge on any atom is -0.484 e. The summed E-state index contributed by atoms with van der Waals surface area (Å²) >= 11 is 0. The van der Waals surface area contributed by atoms with Crippen LogP contribution in [0.5, 0.6) is 5.75 Å². The number of amides is 1. The summed E-state index contributed by atoms with van der Waals surface area (Å²) in [5.74, 6) is 1.65. The quantitative estimate of drug-likeness (QED) is 0.853. The van der Waals surface area contributed by atoms with E-state index >= 15 is 0 Å². The minimum absolute atomic E-state index is 0.0212. The summed E-state index contributed by atoms with van der Waals surface area (Å²) < 4.78 is 15.9. The van der Waals surface area contributed by atoms with Gasteiger partial charge in [0.15, 0.2) is 6.61 Å². The number of ether oxygens (including phenoxy) is 2. The van der Waals surface area contributed by atoms with Gasteiger partial charge in [0, 0.05) is 25.6 Å². The second kappa shape index (κ2) is 6.78. The maximum Gasteiger partial charge on any atom is 0.260 e. The van der Waals surface area contributed by atoms with Crippen molar-refractivity contribution in [2.75, 3.05) is 26.3 Å². The summed E-state index contributed by atoms with van der Waals surface area (Å²) in [4.78, 5) is 18.1. The highest BCUT2D eigenvalue weighted by Crippen LogP contribution is 2.20. The molecule has 3 rings (SSSR count). The molecule has 0 saturated carbocycles. The van der Waals surface area contributed by atoms with E-state index in [0.717, 1.165) is 5.56 Å².